The first-order chi connectivity index (χ1) is 9.83. The molecule has 0 aromatic heterocycles. The Balaban J connectivity index is 2.15. The van der Waals surface area contributed by atoms with Crippen LogP contribution in [0, 0.1) is 5.92 Å². The second-order valence-corrected chi connectivity index (χ2v) is 7.80. The smallest absolute Gasteiger partial charge is 0.301 e. The van der Waals surface area contributed by atoms with Crippen LogP contribution in [0.5, 0.6) is 0 Å². The van der Waals surface area contributed by atoms with Crippen molar-refractivity contribution in [2.24, 2.45) is 5.92 Å². The third-order valence-electron chi connectivity index (χ3n) is 3.41. The van der Waals surface area contributed by atoms with E-state index < -0.39 is 10.2 Å². The van der Waals surface area contributed by atoms with E-state index in [1.165, 1.54) is 16.4 Å². The van der Waals surface area contributed by atoms with Gasteiger partial charge in [-0.3, -0.25) is 4.72 Å². The van der Waals surface area contributed by atoms with E-state index in [9.17, 15) is 8.42 Å². The lowest BCUT2D eigenvalue weighted by molar-refractivity contribution is 0.170. The predicted molar refractivity (Wildman–Crippen MR) is 85.4 cm³/mol. The van der Waals surface area contributed by atoms with Gasteiger partial charge in [-0.2, -0.15) is 12.7 Å². The van der Waals surface area contributed by atoms with Crippen molar-refractivity contribution in [3.05, 3.63) is 27.2 Å². The van der Waals surface area contributed by atoms with Crippen molar-refractivity contribution in [1.29, 1.82) is 0 Å². The first-order valence-corrected chi connectivity index (χ1v) is 8.94. The van der Waals surface area contributed by atoms with Crippen LogP contribution in [-0.2, 0) is 10.2 Å². The van der Waals surface area contributed by atoms with Crippen LogP contribution in [0.1, 0.15) is 12.8 Å². The molecule has 2 N–H and O–H groups in total. The number of benzene rings is 1. The third-order valence-corrected chi connectivity index (χ3v) is 5.73. The van der Waals surface area contributed by atoms with Gasteiger partial charge < -0.3 is 5.11 Å². The van der Waals surface area contributed by atoms with Gasteiger partial charge in [0, 0.05) is 24.7 Å². The first-order valence-electron chi connectivity index (χ1n) is 6.37. The lowest BCUT2D eigenvalue weighted by Gasteiger charge is -2.30. The Kier molecular flexibility index (Phi) is 5.62. The molecule has 0 amide bonds. The zero-order valence-electron chi connectivity index (χ0n) is 11.0. The minimum absolute atomic E-state index is 0.0795. The van der Waals surface area contributed by atoms with Crippen LogP contribution in [0.2, 0.25) is 15.1 Å². The summed E-state index contributed by atoms with van der Waals surface area (Å²) < 4.78 is 28.4. The fraction of sp³-hybridized carbons (Fsp3) is 0.500. The number of rotatable bonds is 4. The zero-order chi connectivity index (χ0) is 15.6. The van der Waals surface area contributed by atoms with Gasteiger partial charge in [0.05, 0.1) is 15.7 Å². The third kappa shape index (κ3) is 4.15. The van der Waals surface area contributed by atoms with E-state index in [0.29, 0.717) is 31.0 Å². The highest BCUT2D eigenvalue weighted by Gasteiger charge is 2.28. The van der Waals surface area contributed by atoms with E-state index >= 15 is 0 Å². The summed E-state index contributed by atoms with van der Waals surface area (Å²) in [4.78, 5) is 0. The molecule has 0 unspecified atom stereocenters. The maximum absolute atomic E-state index is 12.3. The van der Waals surface area contributed by atoms with Crippen LogP contribution in [0.15, 0.2) is 12.1 Å². The normalized spacial score (nSPS) is 17.9. The van der Waals surface area contributed by atoms with Crippen molar-refractivity contribution in [2.45, 2.75) is 12.8 Å². The quantitative estimate of drug-likeness (QED) is 0.852. The molecule has 1 fully saturated rings. The number of hydrogen-bond donors (Lipinski definition) is 2. The molecule has 0 spiro atoms. The van der Waals surface area contributed by atoms with Gasteiger partial charge in [0.2, 0.25) is 0 Å². The molecule has 118 valence electrons. The summed E-state index contributed by atoms with van der Waals surface area (Å²) in [5.74, 6) is 0.152. The number of halogens is 3. The maximum atomic E-state index is 12.3. The molecule has 1 saturated heterocycles. The molecule has 0 atom stereocenters. The van der Waals surface area contributed by atoms with E-state index in [1.54, 1.807) is 0 Å². The fourth-order valence-corrected chi connectivity index (χ4v) is 4.49. The molecule has 5 nitrogen and oxygen atoms in total. The highest BCUT2D eigenvalue weighted by atomic mass is 35.5. The molecular weight excluding hydrogens is 359 g/mol. The van der Waals surface area contributed by atoms with Crippen LogP contribution in [-0.4, -0.2) is 37.5 Å². The summed E-state index contributed by atoms with van der Waals surface area (Å²) in [6.07, 6.45) is 1.25. The van der Waals surface area contributed by atoms with Crippen molar-refractivity contribution < 1.29 is 13.5 Å². The predicted octanol–water partition coefficient (Wildman–Crippen LogP) is 3.01. The van der Waals surface area contributed by atoms with Gasteiger partial charge in [-0.25, -0.2) is 0 Å². The Bertz CT molecular complexity index is 593. The number of anilines is 1. The molecule has 1 heterocycles. The Hall–Kier alpha value is -0.240. The zero-order valence-corrected chi connectivity index (χ0v) is 14.1. The molecule has 1 aromatic rings. The van der Waals surface area contributed by atoms with Gasteiger partial charge in [0.1, 0.15) is 0 Å². The topological polar surface area (TPSA) is 69.6 Å². The van der Waals surface area contributed by atoms with Gasteiger partial charge >= 0.3 is 10.2 Å². The van der Waals surface area contributed by atoms with E-state index in [0.717, 1.165) is 0 Å². The van der Waals surface area contributed by atoms with E-state index in [2.05, 4.69) is 4.72 Å². The Morgan fingerprint density at radius 1 is 1.19 bits per heavy atom. The first kappa shape index (κ1) is 17.1. The fourth-order valence-electron chi connectivity index (χ4n) is 2.17. The average molecular weight is 374 g/mol. The van der Waals surface area contributed by atoms with E-state index in [-0.39, 0.29) is 28.3 Å². The molecule has 1 aliphatic heterocycles. The highest BCUT2D eigenvalue weighted by Crippen LogP contribution is 2.35. The van der Waals surface area contributed by atoms with Gasteiger partial charge in [-0.15, -0.1) is 0 Å². The standard InChI is InChI=1S/C12H15Cl3N2O3S/c13-9-5-10(14)12(11(15)6-9)16-21(19,20)17-3-1-8(7-18)2-4-17/h5-6,8,16,18H,1-4,7H2. The summed E-state index contributed by atoms with van der Waals surface area (Å²) in [7, 11) is -3.74. The number of nitrogens with zero attached hydrogens (tertiary/aromatic N) is 1. The molecular formula is C12H15Cl3N2O3S. The van der Waals surface area contributed by atoms with Crippen molar-refractivity contribution >= 4 is 50.7 Å². The second kappa shape index (κ2) is 6.89. The SMILES string of the molecule is O=S(=O)(Nc1c(Cl)cc(Cl)cc1Cl)N1CCC(CO)CC1. The van der Waals surface area contributed by atoms with Gasteiger partial charge in [0.25, 0.3) is 0 Å². The molecule has 0 radical (unpaired) electrons. The summed E-state index contributed by atoms with van der Waals surface area (Å²) in [5.41, 5.74) is 0.118. The minimum Gasteiger partial charge on any atom is -0.396 e. The summed E-state index contributed by atoms with van der Waals surface area (Å²) in [6, 6.07) is 2.84. The number of hydrogen-bond acceptors (Lipinski definition) is 3. The van der Waals surface area contributed by atoms with Crippen LogP contribution in [0.3, 0.4) is 0 Å². The van der Waals surface area contributed by atoms with Gasteiger partial charge in [-0.05, 0) is 30.9 Å². The summed E-state index contributed by atoms with van der Waals surface area (Å²) in [5, 5.41) is 9.69. The molecule has 9 heteroatoms. The second-order valence-electron chi connectivity index (χ2n) is 4.88. The lowest BCUT2D eigenvalue weighted by atomic mass is 10.00. The van der Waals surface area contributed by atoms with Gasteiger partial charge in [0.15, 0.2) is 0 Å². The number of aliphatic hydroxyl groups is 1. The van der Waals surface area contributed by atoms with Crippen molar-refractivity contribution in [2.75, 3.05) is 24.4 Å². The van der Waals surface area contributed by atoms with Crippen molar-refractivity contribution in [3.63, 3.8) is 0 Å². The number of nitrogens with one attached hydrogen (secondary N) is 1. The monoisotopic (exact) mass is 372 g/mol. The Morgan fingerprint density at radius 2 is 1.71 bits per heavy atom. The van der Waals surface area contributed by atoms with Crippen molar-refractivity contribution in [1.82, 2.24) is 4.31 Å². The van der Waals surface area contributed by atoms with Crippen LogP contribution in [0.25, 0.3) is 0 Å². The van der Waals surface area contributed by atoms with E-state index in [1.807, 2.05) is 0 Å². The van der Waals surface area contributed by atoms with Crippen molar-refractivity contribution in [3.8, 4) is 0 Å². The summed E-state index contributed by atoms with van der Waals surface area (Å²) in [6.45, 7) is 0.781. The molecule has 0 saturated carbocycles. The summed E-state index contributed by atoms with van der Waals surface area (Å²) >= 11 is 17.7. The lowest BCUT2D eigenvalue weighted by Crippen LogP contribution is -2.42. The molecule has 1 aliphatic rings. The molecule has 21 heavy (non-hydrogen) atoms. The van der Waals surface area contributed by atoms with Crippen LogP contribution in [0.4, 0.5) is 5.69 Å². The number of piperidine rings is 1. The van der Waals surface area contributed by atoms with Gasteiger partial charge in [-0.1, -0.05) is 34.8 Å². The number of aliphatic hydroxyl groups excluding tert-OH is 1. The Labute approximate surface area is 139 Å². The molecule has 2 rings (SSSR count). The highest BCUT2D eigenvalue weighted by molar-refractivity contribution is 7.90. The van der Waals surface area contributed by atoms with E-state index in [4.69, 9.17) is 39.9 Å². The maximum Gasteiger partial charge on any atom is 0.301 e. The van der Waals surface area contributed by atoms with Crippen LogP contribution < -0.4 is 4.72 Å². The molecule has 1 aromatic carbocycles. The molecule has 0 bridgehead atoms. The minimum atomic E-state index is -3.74. The average Bonchev–Trinajstić information content (AvgIpc) is 2.43. The largest absolute Gasteiger partial charge is 0.396 e. The Morgan fingerprint density at radius 3 is 2.19 bits per heavy atom. The molecule has 0 aliphatic carbocycles. The van der Waals surface area contributed by atoms with Crippen LogP contribution >= 0.6 is 34.8 Å².